The first-order chi connectivity index (χ1) is 10.1. The van der Waals surface area contributed by atoms with Crippen LogP contribution < -0.4 is 15.5 Å². The van der Waals surface area contributed by atoms with Crippen molar-refractivity contribution in [2.75, 3.05) is 24.5 Å². The van der Waals surface area contributed by atoms with Crippen molar-refractivity contribution in [3.05, 3.63) is 23.9 Å². The Morgan fingerprint density at radius 1 is 1.33 bits per heavy atom. The van der Waals surface area contributed by atoms with Gasteiger partial charge in [0.1, 0.15) is 5.82 Å². The largest absolute Gasteiger partial charge is 0.354 e. The Kier molecular flexibility index (Phi) is 3.88. The summed E-state index contributed by atoms with van der Waals surface area (Å²) in [5, 5.41) is 5.79. The molecule has 2 aliphatic heterocycles. The van der Waals surface area contributed by atoms with Gasteiger partial charge in [0.25, 0.3) is 0 Å². The second-order valence-electron chi connectivity index (χ2n) is 5.75. The molecule has 3 heterocycles. The van der Waals surface area contributed by atoms with E-state index in [9.17, 15) is 9.59 Å². The topological polar surface area (TPSA) is 74.3 Å². The van der Waals surface area contributed by atoms with E-state index in [2.05, 4.69) is 27.4 Å². The summed E-state index contributed by atoms with van der Waals surface area (Å²) in [6.07, 6.45) is 2.73. The van der Waals surface area contributed by atoms with Gasteiger partial charge in [0.2, 0.25) is 11.8 Å². The molecule has 0 aromatic carbocycles. The molecule has 21 heavy (non-hydrogen) atoms. The molecule has 112 valence electrons. The highest BCUT2D eigenvalue weighted by Gasteiger charge is 2.28. The molecule has 2 amide bonds. The molecule has 2 saturated heterocycles. The molecule has 0 aliphatic carbocycles. The monoisotopic (exact) mass is 288 g/mol. The first-order valence-electron chi connectivity index (χ1n) is 7.41. The van der Waals surface area contributed by atoms with Gasteiger partial charge in [0.15, 0.2) is 0 Å². The van der Waals surface area contributed by atoms with Crippen LogP contribution in [0.3, 0.4) is 0 Å². The Labute approximate surface area is 123 Å². The number of piperazine rings is 1. The molecule has 2 N–H and O–H groups in total. The molecule has 0 saturated carbocycles. The predicted molar refractivity (Wildman–Crippen MR) is 79.0 cm³/mol. The summed E-state index contributed by atoms with van der Waals surface area (Å²) in [5.41, 5.74) is 0.881. The summed E-state index contributed by atoms with van der Waals surface area (Å²) >= 11 is 0. The third kappa shape index (κ3) is 3.05. The molecule has 0 spiro atoms. The van der Waals surface area contributed by atoms with E-state index >= 15 is 0 Å². The minimum absolute atomic E-state index is 0.185. The van der Waals surface area contributed by atoms with Gasteiger partial charge in [-0.3, -0.25) is 14.9 Å². The lowest BCUT2D eigenvalue weighted by atomic mass is 9.92. The SMILES string of the molecule is C[C@H]1CN(c2ccc([C@H]3CCC(=O)NC3=O)cn2)CCN1. The summed E-state index contributed by atoms with van der Waals surface area (Å²) in [7, 11) is 0. The molecule has 1 aromatic rings. The lowest BCUT2D eigenvalue weighted by Gasteiger charge is -2.33. The lowest BCUT2D eigenvalue weighted by molar-refractivity contribution is -0.134. The highest BCUT2D eigenvalue weighted by Crippen LogP contribution is 2.25. The van der Waals surface area contributed by atoms with E-state index in [1.165, 1.54) is 0 Å². The number of carbonyl (C=O) groups excluding carboxylic acids is 2. The minimum atomic E-state index is -0.258. The van der Waals surface area contributed by atoms with Crippen LogP contribution in [0.25, 0.3) is 0 Å². The van der Waals surface area contributed by atoms with E-state index in [-0.39, 0.29) is 17.7 Å². The van der Waals surface area contributed by atoms with Crippen molar-refractivity contribution in [2.45, 2.75) is 31.7 Å². The van der Waals surface area contributed by atoms with Gasteiger partial charge in [-0.05, 0) is 25.0 Å². The number of amides is 2. The van der Waals surface area contributed by atoms with Gasteiger partial charge in [0, 0.05) is 38.3 Å². The molecular formula is C15H20N4O2. The summed E-state index contributed by atoms with van der Waals surface area (Å²) in [5.74, 6) is 0.290. The highest BCUT2D eigenvalue weighted by molar-refractivity contribution is 6.00. The quantitative estimate of drug-likeness (QED) is 0.771. The molecule has 2 fully saturated rings. The summed E-state index contributed by atoms with van der Waals surface area (Å²) in [6.45, 7) is 4.99. The molecular weight excluding hydrogens is 268 g/mol. The van der Waals surface area contributed by atoms with Crippen LogP contribution in [-0.2, 0) is 9.59 Å². The number of nitrogens with one attached hydrogen (secondary N) is 2. The molecule has 0 bridgehead atoms. The molecule has 1 aromatic heterocycles. The Bertz CT molecular complexity index is 543. The average molecular weight is 288 g/mol. The number of nitrogens with zero attached hydrogens (tertiary/aromatic N) is 2. The van der Waals surface area contributed by atoms with Crippen molar-refractivity contribution in [3.8, 4) is 0 Å². The van der Waals surface area contributed by atoms with Crippen LogP contribution >= 0.6 is 0 Å². The zero-order valence-corrected chi connectivity index (χ0v) is 12.1. The van der Waals surface area contributed by atoms with Crippen molar-refractivity contribution < 1.29 is 9.59 Å². The molecule has 3 rings (SSSR count). The normalized spacial score (nSPS) is 26.6. The van der Waals surface area contributed by atoms with E-state index in [1.807, 2.05) is 12.1 Å². The number of pyridine rings is 1. The standard InChI is InChI=1S/C15H20N4O2/c1-10-9-19(7-6-16-10)13-4-2-11(8-17-13)12-3-5-14(20)18-15(12)21/h2,4,8,10,12,16H,3,5-7,9H2,1H3,(H,18,20,21)/t10-,12+/m0/s1. The van der Waals surface area contributed by atoms with Gasteiger partial charge < -0.3 is 10.2 Å². The number of hydrogen-bond donors (Lipinski definition) is 2. The van der Waals surface area contributed by atoms with Crippen LogP contribution in [0.1, 0.15) is 31.2 Å². The molecule has 6 nitrogen and oxygen atoms in total. The van der Waals surface area contributed by atoms with Crippen molar-refractivity contribution in [1.29, 1.82) is 0 Å². The van der Waals surface area contributed by atoms with E-state index in [0.29, 0.717) is 18.9 Å². The molecule has 6 heteroatoms. The first kappa shape index (κ1) is 14.0. The molecule has 2 aliphatic rings. The number of rotatable bonds is 2. The maximum Gasteiger partial charge on any atom is 0.234 e. The van der Waals surface area contributed by atoms with Crippen LogP contribution in [0.2, 0.25) is 0 Å². The van der Waals surface area contributed by atoms with Crippen LogP contribution in [0.15, 0.2) is 18.3 Å². The lowest BCUT2D eigenvalue weighted by Crippen LogP contribution is -2.49. The minimum Gasteiger partial charge on any atom is -0.354 e. The second-order valence-corrected chi connectivity index (χ2v) is 5.75. The first-order valence-corrected chi connectivity index (χ1v) is 7.41. The van der Waals surface area contributed by atoms with Crippen LogP contribution in [0.4, 0.5) is 5.82 Å². The van der Waals surface area contributed by atoms with E-state index in [0.717, 1.165) is 31.0 Å². The van der Waals surface area contributed by atoms with E-state index in [1.54, 1.807) is 6.20 Å². The fourth-order valence-corrected chi connectivity index (χ4v) is 2.94. The fourth-order valence-electron chi connectivity index (χ4n) is 2.94. The summed E-state index contributed by atoms with van der Waals surface area (Å²) < 4.78 is 0. The van der Waals surface area contributed by atoms with Crippen molar-refractivity contribution in [3.63, 3.8) is 0 Å². The number of imide groups is 1. The zero-order chi connectivity index (χ0) is 14.8. The van der Waals surface area contributed by atoms with Gasteiger partial charge >= 0.3 is 0 Å². The maximum absolute atomic E-state index is 11.9. The number of piperidine rings is 1. The van der Waals surface area contributed by atoms with E-state index < -0.39 is 0 Å². The van der Waals surface area contributed by atoms with Gasteiger partial charge in [-0.25, -0.2) is 4.98 Å². The van der Waals surface area contributed by atoms with Crippen molar-refractivity contribution in [1.82, 2.24) is 15.6 Å². The van der Waals surface area contributed by atoms with Crippen LogP contribution in [-0.4, -0.2) is 42.5 Å². The highest BCUT2D eigenvalue weighted by atomic mass is 16.2. The number of aromatic nitrogens is 1. The Hall–Kier alpha value is -1.95. The zero-order valence-electron chi connectivity index (χ0n) is 12.1. The Balaban J connectivity index is 1.72. The van der Waals surface area contributed by atoms with Gasteiger partial charge in [-0.2, -0.15) is 0 Å². The Morgan fingerprint density at radius 3 is 2.86 bits per heavy atom. The smallest absolute Gasteiger partial charge is 0.234 e. The average Bonchev–Trinajstić information content (AvgIpc) is 2.47. The van der Waals surface area contributed by atoms with Gasteiger partial charge in [-0.15, -0.1) is 0 Å². The Morgan fingerprint density at radius 2 is 2.19 bits per heavy atom. The van der Waals surface area contributed by atoms with Crippen molar-refractivity contribution in [2.24, 2.45) is 0 Å². The van der Waals surface area contributed by atoms with Crippen LogP contribution in [0, 0.1) is 0 Å². The molecule has 0 radical (unpaired) electrons. The second kappa shape index (κ2) is 5.81. The third-order valence-corrected chi connectivity index (χ3v) is 4.11. The van der Waals surface area contributed by atoms with Gasteiger partial charge in [0.05, 0.1) is 5.92 Å². The molecule has 2 atom stereocenters. The van der Waals surface area contributed by atoms with E-state index in [4.69, 9.17) is 0 Å². The fraction of sp³-hybridized carbons (Fsp3) is 0.533. The predicted octanol–water partition coefficient (Wildman–Crippen LogP) is 0.400. The molecule has 0 unspecified atom stereocenters. The van der Waals surface area contributed by atoms with Crippen LogP contribution in [0.5, 0.6) is 0 Å². The number of hydrogen-bond acceptors (Lipinski definition) is 5. The third-order valence-electron chi connectivity index (χ3n) is 4.11. The number of carbonyl (C=O) groups is 2. The summed E-state index contributed by atoms with van der Waals surface area (Å²) in [4.78, 5) is 29.8. The van der Waals surface area contributed by atoms with Gasteiger partial charge in [-0.1, -0.05) is 6.07 Å². The maximum atomic E-state index is 11.9. The van der Waals surface area contributed by atoms with Crippen molar-refractivity contribution >= 4 is 17.6 Å². The number of anilines is 1. The summed E-state index contributed by atoms with van der Waals surface area (Å²) in [6, 6.07) is 4.38.